The van der Waals surface area contributed by atoms with E-state index in [2.05, 4.69) is 0 Å². The molecule has 0 fully saturated rings. The molecule has 14 heavy (non-hydrogen) atoms. The molecule has 1 radical (unpaired) electrons. The topological polar surface area (TPSA) is 52.4 Å². The summed E-state index contributed by atoms with van der Waals surface area (Å²) in [6.45, 7) is 3.89. The van der Waals surface area contributed by atoms with Crippen molar-refractivity contribution in [2.45, 2.75) is 13.8 Å². The Morgan fingerprint density at radius 3 is 2.50 bits per heavy atom. The molecule has 0 aliphatic carbocycles. The first-order valence-corrected chi connectivity index (χ1v) is 4.19. The number of nitro benzene ring substituents is 1. The molecule has 75 valence electrons. The van der Waals surface area contributed by atoms with Crippen LogP contribution in [0.1, 0.15) is 19.4 Å². The van der Waals surface area contributed by atoms with Crippen LogP contribution in [0.2, 0.25) is 0 Å². The third kappa shape index (κ3) is 2.02. The van der Waals surface area contributed by atoms with Gasteiger partial charge in [0.1, 0.15) is 0 Å². The van der Waals surface area contributed by atoms with Gasteiger partial charge in [0.25, 0.3) is 0 Å². The molecule has 1 aromatic carbocycles. The average Bonchev–Trinajstić information content (AvgIpc) is 2.16. The maximum atomic E-state index is 10.6. The highest BCUT2D eigenvalue weighted by Crippen LogP contribution is 2.29. The Labute approximate surface area is 82.7 Å². The number of nitro groups is 1. The zero-order valence-electron chi connectivity index (χ0n) is 8.40. The molecule has 0 heterocycles. The van der Waals surface area contributed by atoms with Crippen molar-refractivity contribution in [3.63, 3.8) is 0 Å². The molecule has 4 heteroatoms. The molecule has 0 aromatic heterocycles. The average molecular weight is 194 g/mol. The summed E-state index contributed by atoms with van der Waals surface area (Å²) in [5.74, 6) is 1.40. The molecule has 0 amide bonds. The standard InChI is InChI=1S/C10H12NO3/c1-7(2)8-4-5-9(11(12)13)10(6-8)14-3/h4-6H,1-3H3. The van der Waals surface area contributed by atoms with Gasteiger partial charge >= 0.3 is 5.69 Å². The molecular weight excluding hydrogens is 182 g/mol. The number of rotatable bonds is 3. The van der Waals surface area contributed by atoms with Crippen molar-refractivity contribution in [1.82, 2.24) is 0 Å². The Balaban J connectivity index is 3.18. The highest BCUT2D eigenvalue weighted by Gasteiger charge is 2.15. The molecular formula is C10H12NO3. The minimum absolute atomic E-state index is 0.00231. The van der Waals surface area contributed by atoms with E-state index in [1.165, 1.54) is 13.2 Å². The summed E-state index contributed by atoms with van der Waals surface area (Å²) in [6, 6.07) is 4.85. The van der Waals surface area contributed by atoms with Crippen LogP contribution in [0.4, 0.5) is 5.69 Å². The van der Waals surface area contributed by atoms with Crippen LogP contribution in [0.15, 0.2) is 18.2 Å². The van der Waals surface area contributed by atoms with Crippen LogP contribution in [0.3, 0.4) is 0 Å². The lowest BCUT2D eigenvalue weighted by atomic mass is 10.0. The second-order valence-corrected chi connectivity index (χ2v) is 3.14. The van der Waals surface area contributed by atoms with E-state index in [0.717, 1.165) is 11.5 Å². The zero-order valence-corrected chi connectivity index (χ0v) is 8.40. The number of nitrogens with zero attached hydrogens (tertiary/aromatic N) is 1. The van der Waals surface area contributed by atoms with Crippen LogP contribution in [-0.2, 0) is 0 Å². The molecule has 0 saturated heterocycles. The first-order valence-electron chi connectivity index (χ1n) is 4.19. The molecule has 0 bridgehead atoms. The van der Waals surface area contributed by atoms with Gasteiger partial charge in [-0.05, 0) is 17.5 Å². The van der Waals surface area contributed by atoms with Gasteiger partial charge in [-0.25, -0.2) is 0 Å². The van der Waals surface area contributed by atoms with Gasteiger partial charge in [0.05, 0.1) is 12.0 Å². The van der Waals surface area contributed by atoms with Crippen LogP contribution in [-0.4, -0.2) is 12.0 Å². The Kier molecular flexibility index (Phi) is 3.06. The van der Waals surface area contributed by atoms with Gasteiger partial charge in [-0.1, -0.05) is 19.9 Å². The van der Waals surface area contributed by atoms with Crippen molar-refractivity contribution in [2.24, 2.45) is 0 Å². The summed E-state index contributed by atoms with van der Waals surface area (Å²) in [6.07, 6.45) is 0. The third-order valence-electron chi connectivity index (χ3n) is 1.95. The van der Waals surface area contributed by atoms with E-state index in [1.807, 2.05) is 13.8 Å². The van der Waals surface area contributed by atoms with Crippen LogP contribution < -0.4 is 4.74 Å². The van der Waals surface area contributed by atoms with Gasteiger partial charge in [0.15, 0.2) is 5.75 Å². The molecule has 0 saturated carbocycles. The van der Waals surface area contributed by atoms with Crippen LogP contribution in [0.25, 0.3) is 0 Å². The molecule has 4 nitrogen and oxygen atoms in total. The zero-order chi connectivity index (χ0) is 10.7. The lowest BCUT2D eigenvalue weighted by Gasteiger charge is -2.07. The fourth-order valence-corrected chi connectivity index (χ4v) is 1.14. The normalized spacial score (nSPS) is 10.3. The molecule has 0 N–H and O–H groups in total. The molecule has 0 aliphatic heterocycles. The van der Waals surface area contributed by atoms with E-state index in [4.69, 9.17) is 4.74 Å². The maximum absolute atomic E-state index is 10.6. The van der Waals surface area contributed by atoms with Crippen LogP contribution in [0.5, 0.6) is 5.75 Å². The fourth-order valence-electron chi connectivity index (χ4n) is 1.14. The first-order chi connectivity index (χ1) is 6.56. The summed E-state index contributed by atoms with van der Waals surface area (Å²) >= 11 is 0. The highest BCUT2D eigenvalue weighted by atomic mass is 16.6. The van der Waals surface area contributed by atoms with Crippen molar-refractivity contribution >= 4 is 5.69 Å². The molecule has 1 rings (SSSR count). The van der Waals surface area contributed by atoms with E-state index in [9.17, 15) is 10.1 Å². The van der Waals surface area contributed by atoms with Crippen molar-refractivity contribution in [3.8, 4) is 5.75 Å². The molecule has 0 atom stereocenters. The number of methoxy groups -OCH3 is 1. The number of hydrogen-bond donors (Lipinski definition) is 0. The minimum atomic E-state index is -0.451. The van der Waals surface area contributed by atoms with E-state index in [-0.39, 0.29) is 5.69 Å². The van der Waals surface area contributed by atoms with Gasteiger partial charge in [-0.15, -0.1) is 0 Å². The quantitative estimate of drug-likeness (QED) is 0.548. The summed E-state index contributed by atoms with van der Waals surface area (Å²) < 4.78 is 4.94. The van der Waals surface area contributed by atoms with Gasteiger partial charge in [-0.2, -0.15) is 0 Å². The number of hydrogen-bond acceptors (Lipinski definition) is 3. The minimum Gasteiger partial charge on any atom is -0.490 e. The first kappa shape index (κ1) is 10.5. The third-order valence-corrected chi connectivity index (χ3v) is 1.95. The van der Waals surface area contributed by atoms with Gasteiger partial charge in [-0.3, -0.25) is 10.1 Å². The molecule has 0 unspecified atom stereocenters. The van der Waals surface area contributed by atoms with Crippen molar-refractivity contribution < 1.29 is 9.66 Å². The smallest absolute Gasteiger partial charge is 0.310 e. The Morgan fingerprint density at radius 2 is 2.07 bits per heavy atom. The van der Waals surface area contributed by atoms with E-state index < -0.39 is 4.92 Å². The number of benzene rings is 1. The van der Waals surface area contributed by atoms with Crippen LogP contribution >= 0.6 is 0 Å². The summed E-state index contributed by atoms with van der Waals surface area (Å²) in [4.78, 5) is 10.1. The van der Waals surface area contributed by atoms with Crippen molar-refractivity contribution in [2.75, 3.05) is 7.11 Å². The lowest BCUT2D eigenvalue weighted by Crippen LogP contribution is -1.96. The van der Waals surface area contributed by atoms with Crippen molar-refractivity contribution in [1.29, 1.82) is 0 Å². The molecule has 0 aliphatic rings. The molecule has 1 aromatic rings. The van der Waals surface area contributed by atoms with E-state index >= 15 is 0 Å². The van der Waals surface area contributed by atoms with Gasteiger partial charge in [0.2, 0.25) is 0 Å². The fraction of sp³-hybridized carbons (Fsp3) is 0.300. The molecule has 0 spiro atoms. The summed E-state index contributed by atoms with van der Waals surface area (Å²) in [5.41, 5.74) is 0.949. The van der Waals surface area contributed by atoms with E-state index in [0.29, 0.717) is 5.75 Å². The largest absolute Gasteiger partial charge is 0.490 e. The van der Waals surface area contributed by atoms with Crippen molar-refractivity contribution in [3.05, 3.63) is 39.8 Å². The van der Waals surface area contributed by atoms with Gasteiger partial charge < -0.3 is 4.74 Å². The number of ether oxygens (including phenoxy) is 1. The Bertz CT molecular complexity index is 347. The predicted molar refractivity (Wildman–Crippen MR) is 53.3 cm³/mol. The van der Waals surface area contributed by atoms with Crippen LogP contribution in [0, 0.1) is 16.0 Å². The maximum Gasteiger partial charge on any atom is 0.310 e. The Morgan fingerprint density at radius 1 is 1.43 bits per heavy atom. The Hall–Kier alpha value is -1.58. The second-order valence-electron chi connectivity index (χ2n) is 3.14. The second kappa shape index (κ2) is 4.09. The van der Waals surface area contributed by atoms with Gasteiger partial charge in [0, 0.05) is 6.07 Å². The summed E-state index contributed by atoms with van der Waals surface area (Å²) in [7, 11) is 1.43. The van der Waals surface area contributed by atoms with E-state index in [1.54, 1.807) is 12.1 Å². The predicted octanol–water partition coefficient (Wildman–Crippen LogP) is 2.57. The monoisotopic (exact) mass is 194 g/mol. The highest BCUT2D eigenvalue weighted by molar-refractivity contribution is 5.50. The summed E-state index contributed by atoms with van der Waals surface area (Å²) in [5, 5.41) is 10.6. The SMILES string of the molecule is COc1cc([C](C)C)ccc1[N+](=O)[O-]. The lowest BCUT2D eigenvalue weighted by molar-refractivity contribution is -0.385.